The van der Waals surface area contributed by atoms with E-state index in [-0.39, 0.29) is 17.8 Å². The summed E-state index contributed by atoms with van der Waals surface area (Å²) in [5.41, 5.74) is 0. The number of aliphatic carboxylic acids is 1. The molecule has 4 heteroatoms. The molecule has 0 saturated heterocycles. The molecule has 0 bridgehead atoms. The Kier molecular flexibility index (Phi) is 3.92. The summed E-state index contributed by atoms with van der Waals surface area (Å²) in [7, 11) is 0. The minimum absolute atomic E-state index is 0.204. The van der Waals surface area contributed by atoms with E-state index in [0.29, 0.717) is 19.4 Å². The first-order chi connectivity index (χ1) is 6.65. The van der Waals surface area contributed by atoms with Gasteiger partial charge >= 0.3 is 11.9 Å². The van der Waals surface area contributed by atoms with Crippen LogP contribution in [0.15, 0.2) is 0 Å². The average Bonchev–Trinajstić information content (AvgIpc) is 2.18. The van der Waals surface area contributed by atoms with Gasteiger partial charge in [-0.3, -0.25) is 9.59 Å². The fraction of sp³-hybridized carbons (Fsp3) is 0.800. The molecule has 1 N–H and O–H groups in total. The Hall–Kier alpha value is -1.06. The second kappa shape index (κ2) is 4.98. The highest BCUT2D eigenvalue weighted by molar-refractivity contribution is 5.75. The highest BCUT2D eigenvalue weighted by Gasteiger charge is 2.31. The number of rotatable bonds is 3. The lowest BCUT2D eigenvalue weighted by atomic mass is 9.81. The number of ether oxygens (including phenoxy) is 1. The SMILES string of the molecule is CCOC(=O)C1CCC[C@H](C(=O)O)C1. The number of esters is 1. The molecule has 0 spiro atoms. The second-order valence-electron chi connectivity index (χ2n) is 3.65. The van der Waals surface area contributed by atoms with Gasteiger partial charge in [-0.05, 0) is 26.2 Å². The Labute approximate surface area is 83.2 Å². The molecule has 80 valence electrons. The molecule has 0 amide bonds. The van der Waals surface area contributed by atoms with Crippen molar-refractivity contribution in [3.8, 4) is 0 Å². The summed E-state index contributed by atoms with van der Waals surface area (Å²) in [6.07, 6.45) is 2.70. The van der Waals surface area contributed by atoms with Crippen LogP contribution >= 0.6 is 0 Å². The predicted molar refractivity (Wildman–Crippen MR) is 49.7 cm³/mol. The van der Waals surface area contributed by atoms with Crippen molar-refractivity contribution in [1.29, 1.82) is 0 Å². The van der Waals surface area contributed by atoms with Gasteiger partial charge in [-0.1, -0.05) is 6.42 Å². The van der Waals surface area contributed by atoms with Crippen LogP contribution in [0.5, 0.6) is 0 Å². The number of hydrogen-bond donors (Lipinski definition) is 1. The Bertz CT molecular complexity index is 224. The number of hydrogen-bond acceptors (Lipinski definition) is 3. The van der Waals surface area contributed by atoms with Crippen LogP contribution in [-0.2, 0) is 14.3 Å². The quantitative estimate of drug-likeness (QED) is 0.700. The normalized spacial score (nSPS) is 26.9. The standard InChI is InChI=1S/C10H16O4/c1-2-14-10(13)8-5-3-4-7(6-8)9(11)12/h7-8H,2-6H2,1H3,(H,11,12)/t7-,8?/m0/s1. The fourth-order valence-corrected chi connectivity index (χ4v) is 1.89. The van der Waals surface area contributed by atoms with Gasteiger partial charge in [0.2, 0.25) is 0 Å². The molecule has 0 heterocycles. The lowest BCUT2D eigenvalue weighted by Crippen LogP contribution is -2.28. The molecule has 0 aromatic heterocycles. The van der Waals surface area contributed by atoms with Crippen LogP contribution < -0.4 is 0 Å². The largest absolute Gasteiger partial charge is 0.481 e. The van der Waals surface area contributed by atoms with Crippen molar-refractivity contribution in [2.24, 2.45) is 11.8 Å². The number of carboxylic acids is 1. The third kappa shape index (κ3) is 2.72. The zero-order valence-electron chi connectivity index (χ0n) is 8.36. The van der Waals surface area contributed by atoms with Gasteiger partial charge in [-0.15, -0.1) is 0 Å². The molecule has 4 nitrogen and oxygen atoms in total. The fourth-order valence-electron chi connectivity index (χ4n) is 1.89. The van der Waals surface area contributed by atoms with E-state index in [1.165, 1.54) is 0 Å². The van der Waals surface area contributed by atoms with E-state index in [4.69, 9.17) is 9.84 Å². The van der Waals surface area contributed by atoms with Crippen molar-refractivity contribution in [2.45, 2.75) is 32.6 Å². The van der Waals surface area contributed by atoms with Crippen molar-refractivity contribution in [3.05, 3.63) is 0 Å². The predicted octanol–water partition coefficient (Wildman–Crippen LogP) is 1.44. The van der Waals surface area contributed by atoms with Crippen LogP contribution in [0.4, 0.5) is 0 Å². The molecule has 0 aromatic rings. The molecule has 1 fully saturated rings. The van der Waals surface area contributed by atoms with Gasteiger partial charge in [0.1, 0.15) is 0 Å². The van der Waals surface area contributed by atoms with E-state index < -0.39 is 5.97 Å². The van der Waals surface area contributed by atoms with Crippen LogP contribution in [0.3, 0.4) is 0 Å². The summed E-state index contributed by atoms with van der Waals surface area (Å²) in [5.74, 6) is -1.60. The molecule has 14 heavy (non-hydrogen) atoms. The van der Waals surface area contributed by atoms with Crippen LogP contribution in [0.2, 0.25) is 0 Å². The third-order valence-electron chi connectivity index (χ3n) is 2.64. The summed E-state index contributed by atoms with van der Waals surface area (Å²) in [6.45, 7) is 2.13. The van der Waals surface area contributed by atoms with Crippen LogP contribution in [0, 0.1) is 11.8 Å². The lowest BCUT2D eigenvalue weighted by molar-refractivity contribution is -0.152. The third-order valence-corrected chi connectivity index (χ3v) is 2.64. The van der Waals surface area contributed by atoms with E-state index in [2.05, 4.69) is 0 Å². The second-order valence-corrected chi connectivity index (χ2v) is 3.65. The van der Waals surface area contributed by atoms with Crippen molar-refractivity contribution < 1.29 is 19.4 Å². The van der Waals surface area contributed by atoms with Crippen LogP contribution in [-0.4, -0.2) is 23.7 Å². The Morgan fingerprint density at radius 1 is 1.36 bits per heavy atom. The maximum atomic E-state index is 11.4. The van der Waals surface area contributed by atoms with Gasteiger partial charge < -0.3 is 9.84 Å². The molecule has 0 radical (unpaired) electrons. The van der Waals surface area contributed by atoms with E-state index >= 15 is 0 Å². The lowest BCUT2D eigenvalue weighted by Gasteiger charge is -2.24. The Balaban J connectivity index is 2.47. The summed E-state index contributed by atoms with van der Waals surface area (Å²) in [5, 5.41) is 8.82. The summed E-state index contributed by atoms with van der Waals surface area (Å²) < 4.78 is 4.88. The number of carboxylic acid groups (broad SMARTS) is 1. The maximum Gasteiger partial charge on any atom is 0.308 e. The molecule has 1 saturated carbocycles. The highest BCUT2D eigenvalue weighted by Crippen LogP contribution is 2.29. The van der Waals surface area contributed by atoms with E-state index in [9.17, 15) is 9.59 Å². The minimum atomic E-state index is -0.793. The highest BCUT2D eigenvalue weighted by atomic mass is 16.5. The average molecular weight is 200 g/mol. The molecule has 2 atom stereocenters. The zero-order chi connectivity index (χ0) is 10.6. The van der Waals surface area contributed by atoms with Crippen molar-refractivity contribution in [3.63, 3.8) is 0 Å². The monoisotopic (exact) mass is 200 g/mol. The molecule has 1 aliphatic rings. The maximum absolute atomic E-state index is 11.4. The topological polar surface area (TPSA) is 63.6 Å². The first kappa shape index (κ1) is 11.0. The first-order valence-electron chi connectivity index (χ1n) is 5.04. The van der Waals surface area contributed by atoms with E-state index in [0.717, 1.165) is 12.8 Å². The molecular formula is C10H16O4. The minimum Gasteiger partial charge on any atom is -0.481 e. The van der Waals surface area contributed by atoms with Gasteiger partial charge in [0.25, 0.3) is 0 Å². The Morgan fingerprint density at radius 3 is 2.57 bits per heavy atom. The van der Waals surface area contributed by atoms with Gasteiger partial charge in [-0.2, -0.15) is 0 Å². The van der Waals surface area contributed by atoms with Crippen LogP contribution in [0.1, 0.15) is 32.6 Å². The van der Waals surface area contributed by atoms with Crippen LogP contribution in [0.25, 0.3) is 0 Å². The van der Waals surface area contributed by atoms with Gasteiger partial charge in [0.05, 0.1) is 18.4 Å². The first-order valence-corrected chi connectivity index (χ1v) is 5.04. The molecule has 1 aliphatic carbocycles. The smallest absolute Gasteiger partial charge is 0.308 e. The molecular weight excluding hydrogens is 184 g/mol. The molecule has 0 aromatic carbocycles. The Morgan fingerprint density at radius 2 is 2.00 bits per heavy atom. The summed E-state index contributed by atoms with van der Waals surface area (Å²) in [4.78, 5) is 22.1. The molecule has 1 unspecified atom stereocenters. The van der Waals surface area contributed by atoms with E-state index in [1.807, 2.05) is 0 Å². The van der Waals surface area contributed by atoms with Crippen molar-refractivity contribution >= 4 is 11.9 Å². The number of carbonyl (C=O) groups excluding carboxylic acids is 1. The van der Waals surface area contributed by atoms with Gasteiger partial charge in [0, 0.05) is 0 Å². The molecule has 1 rings (SSSR count). The summed E-state index contributed by atoms with van der Waals surface area (Å²) in [6, 6.07) is 0. The van der Waals surface area contributed by atoms with Gasteiger partial charge in [0.15, 0.2) is 0 Å². The van der Waals surface area contributed by atoms with Crippen molar-refractivity contribution in [2.75, 3.05) is 6.61 Å². The number of carbonyl (C=O) groups is 2. The molecule has 0 aliphatic heterocycles. The zero-order valence-corrected chi connectivity index (χ0v) is 8.36. The van der Waals surface area contributed by atoms with E-state index in [1.54, 1.807) is 6.92 Å². The van der Waals surface area contributed by atoms with Gasteiger partial charge in [-0.25, -0.2) is 0 Å². The summed E-state index contributed by atoms with van der Waals surface area (Å²) >= 11 is 0. The van der Waals surface area contributed by atoms with Crippen molar-refractivity contribution in [1.82, 2.24) is 0 Å².